The van der Waals surface area contributed by atoms with E-state index in [0.29, 0.717) is 0 Å². The first-order valence-electron chi connectivity index (χ1n) is 9.37. The van der Waals surface area contributed by atoms with Crippen molar-refractivity contribution in [1.82, 2.24) is 10.2 Å². The summed E-state index contributed by atoms with van der Waals surface area (Å²) in [6.45, 7) is 9.01. The van der Waals surface area contributed by atoms with Crippen LogP contribution in [0.15, 0.2) is 29.2 Å². The molecule has 1 saturated heterocycles. The van der Waals surface area contributed by atoms with E-state index in [1.807, 2.05) is 58.2 Å². The summed E-state index contributed by atoms with van der Waals surface area (Å²) in [7, 11) is 0. The largest absolute Gasteiger partial charge is 0.444 e. The molecule has 1 aliphatic rings. The lowest BCUT2D eigenvalue weighted by Gasteiger charge is -2.35. The molecule has 1 aliphatic heterocycles. The molecular formula is C20H31N3O3S. The van der Waals surface area contributed by atoms with Crippen molar-refractivity contribution in [3.63, 3.8) is 0 Å². The number of para-hydroxylation sites is 1. The Bertz CT molecular complexity index is 652. The number of alkyl carbamates (subject to hydrolysis) is 1. The van der Waals surface area contributed by atoms with Gasteiger partial charge in [0.25, 0.3) is 0 Å². The molecule has 6 nitrogen and oxygen atoms in total. The van der Waals surface area contributed by atoms with Gasteiger partial charge in [-0.1, -0.05) is 12.1 Å². The Labute approximate surface area is 166 Å². The Balaban J connectivity index is 1.82. The fourth-order valence-electron chi connectivity index (χ4n) is 3.06. The van der Waals surface area contributed by atoms with Gasteiger partial charge in [0.2, 0.25) is 5.91 Å². The Morgan fingerprint density at radius 2 is 1.85 bits per heavy atom. The van der Waals surface area contributed by atoms with E-state index in [1.165, 1.54) is 0 Å². The highest BCUT2D eigenvalue weighted by Gasteiger charge is 2.28. The average molecular weight is 394 g/mol. The molecule has 0 spiro atoms. The van der Waals surface area contributed by atoms with Gasteiger partial charge in [-0.25, -0.2) is 4.79 Å². The number of amides is 2. The molecule has 1 heterocycles. The van der Waals surface area contributed by atoms with Crippen LogP contribution in [0.2, 0.25) is 0 Å². The van der Waals surface area contributed by atoms with Crippen LogP contribution < -0.4 is 10.6 Å². The van der Waals surface area contributed by atoms with Crippen molar-refractivity contribution in [1.29, 1.82) is 0 Å². The molecule has 1 aromatic rings. The number of thioether (sulfide) groups is 1. The second-order valence-electron chi connectivity index (χ2n) is 7.82. The molecule has 1 aromatic carbocycles. The molecule has 2 rings (SSSR count). The Kier molecular flexibility index (Phi) is 7.56. The molecule has 150 valence electrons. The van der Waals surface area contributed by atoms with Gasteiger partial charge in [0.1, 0.15) is 5.60 Å². The highest BCUT2D eigenvalue weighted by molar-refractivity contribution is 7.98. The predicted octanol–water partition coefficient (Wildman–Crippen LogP) is 3.72. The highest BCUT2D eigenvalue weighted by Crippen LogP contribution is 2.25. The summed E-state index contributed by atoms with van der Waals surface area (Å²) < 4.78 is 5.31. The fraction of sp³-hybridized carbons (Fsp3) is 0.600. The zero-order chi connectivity index (χ0) is 20.0. The number of carbonyl (C=O) groups excluding carboxylic acids is 2. The van der Waals surface area contributed by atoms with E-state index in [4.69, 9.17) is 4.74 Å². The molecule has 0 radical (unpaired) electrons. The molecule has 1 atom stereocenters. The van der Waals surface area contributed by atoms with Crippen LogP contribution in [0.1, 0.15) is 40.5 Å². The van der Waals surface area contributed by atoms with Crippen molar-refractivity contribution < 1.29 is 14.3 Å². The summed E-state index contributed by atoms with van der Waals surface area (Å²) >= 11 is 1.61. The summed E-state index contributed by atoms with van der Waals surface area (Å²) in [5.74, 6) is -0.00458. The quantitative estimate of drug-likeness (QED) is 0.746. The molecule has 0 bridgehead atoms. The van der Waals surface area contributed by atoms with Gasteiger partial charge >= 0.3 is 6.09 Å². The van der Waals surface area contributed by atoms with Crippen molar-refractivity contribution in [2.75, 3.05) is 24.7 Å². The number of carbonyl (C=O) groups is 2. The number of anilines is 1. The summed E-state index contributed by atoms with van der Waals surface area (Å²) in [5.41, 5.74) is 0.355. The number of hydrogen-bond acceptors (Lipinski definition) is 5. The zero-order valence-corrected chi connectivity index (χ0v) is 17.7. The normalized spacial score (nSPS) is 17.2. The summed E-state index contributed by atoms with van der Waals surface area (Å²) in [6.07, 6.45) is 3.23. The van der Waals surface area contributed by atoms with Crippen molar-refractivity contribution in [3.8, 4) is 0 Å². The van der Waals surface area contributed by atoms with Crippen molar-refractivity contribution in [2.45, 2.75) is 63.1 Å². The van der Waals surface area contributed by atoms with Gasteiger partial charge in [-0.05, 0) is 58.9 Å². The van der Waals surface area contributed by atoms with E-state index in [1.54, 1.807) is 11.8 Å². The van der Waals surface area contributed by atoms with E-state index in [9.17, 15) is 9.59 Å². The summed E-state index contributed by atoms with van der Waals surface area (Å²) in [4.78, 5) is 27.8. The van der Waals surface area contributed by atoms with Gasteiger partial charge in [0.05, 0.1) is 11.7 Å². The van der Waals surface area contributed by atoms with Crippen molar-refractivity contribution in [2.24, 2.45) is 0 Å². The first kappa shape index (κ1) is 21.6. The van der Waals surface area contributed by atoms with Gasteiger partial charge in [-0.2, -0.15) is 0 Å². The van der Waals surface area contributed by atoms with Crippen LogP contribution in [0.4, 0.5) is 10.5 Å². The smallest absolute Gasteiger partial charge is 0.407 e. The van der Waals surface area contributed by atoms with E-state index < -0.39 is 5.60 Å². The SMILES string of the molecule is CSc1ccccc1NC(=O)C(C)N1CCC(NC(=O)OC(C)(C)C)CC1. The van der Waals surface area contributed by atoms with E-state index in [0.717, 1.165) is 36.5 Å². The minimum absolute atomic E-state index is 0.00458. The number of nitrogens with one attached hydrogen (secondary N) is 2. The maximum Gasteiger partial charge on any atom is 0.407 e. The molecule has 7 heteroatoms. The molecule has 1 fully saturated rings. The Hall–Kier alpha value is -1.73. The lowest BCUT2D eigenvalue weighted by Crippen LogP contribution is -2.51. The zero-order valence-electron chi connectivity index (χ0n) is 16.9. The van der Waals surface area contributed by atoms with Crippen LogP contribution in [0, 0.1) is 0 Å². The topological polar surface area (TPSA) is 70.7 Å². The van der Waals surface area contributed by atoms with E-state index in [2.05, 4.69) is 15.5 Å². The lowest BCUT2D eigenvalue weighted by atomic mass is 10.0. The van der Waals surface area contributed by atoms with Gasteiger partial charge in [0, 0.05) is 24.0 Å². The van der Waals surface area contributed by atoms with Crippen LogP contribution in [0.3, 0.4) is 0 Å². The van der Waals surface area contributed by atoms with Gasteiger partial charge < -0.3 is 15.4 Å². The average Bonchev–Trinajstić information content (AvgIpc) is 2.60. The number of rotatable bonds is 5. The number of hydrogen-bond donors (Lipinski definition) is 2. The standard InChI is InChI=1S/C20H31N3O3S/c1-14(18(24)22-16-8-6-7-9-17(16)27-5)23-12-10-15(11-13-23)21-19(25)26-20(2,3)4/h6-9,14-15H,10-13H2,1-5H3,(H,21,25)(H,22,24). The minimum Gasteiger partial charge on any atom is -0.444 e. The summed E-state index contributed by atoms with van der Waals surface area (Å²) in [6, 6.07) is 7.68. The van der Waals surface area contributed by atoms with Gasteiger partial charge in [0.15, 0.2) is 0 Å². The Morgan fingerprint density at radius 3 is 2.44 bits per heavy atom. The number of ether oxygens (including phenoxy) is 1. The van der Waals surface area contributed by atoms with Crippen molar-refractivity contribution >= 4 is 29.4 Å². The van der Waals surface area contributed by atoms with Crippen LogP contribution in [-0.2, 0) is 9.53 Å². The van der Waals surface area contributed by atoms with Gasteiger partial charge in [-0.15, -0.1) is 11.8 Å². The first-order valence-corrected chi connectivity index (χ1v) is 10.6. The van der Waals surface area contributed by atoms with Crippen LogP contribution in [-0.4, -0.2) is 53.9 Å². The van der Waals surface area contributed by atoms with Gasteiger partial charge in [-0.3, -0.25) is 9.69 Å². The van der Waals surface area contributed by atoms with Crippen molar-refractivity contribution in [3.05, 3.63) is 24.3 Å². The third-order valence-electron chi connectivity index (χ3n) is 4.54. The molecule has 1 unspecified atom stereocenters. The first-order chi connectivity index (χ1) is 12.7. The lowest BCUT2D eigenvalue weighted by molar-refractivity contribution is -0.121. The molecular weight excluding hydrogens is 362 g/mol. The van der Waals surface area contributed by atoms with E-state index >= 15 is 0 Å². The number of piperidine rings is 1. The monoisotopic (exact) mass is 393 g/mol. The number of benzene rings is 1. The second kappa shape index (κ2) is 9.46. The molecule has 0 aliphatic carbocycles. The fourth-order valence-corrected chi connectivity index (χ4v) is 3.61. The van der Waals surface area contributed by atoms with Crippen LogP contribution >= 0.6 is 11.8 Å². The number of likely N-dealkylation sites (tertiary alicyclic amines) is 1. The van der Waals surface area contributed by atoms with Crippen LogP contribution in [0.25, 0.3) is 0 Å². The highest BCUT2D eigenvalue weighted by atomic mass is 32.2. The third kappa shape index (κ3) is 6.74. The molecule has 2 amide bonds. The minimum atomic E-state index is -0.496. The molecule has 0 saturated carbocycles. The molecule has 0 aromatic heterocycles. The molecule has 2 N–H and O–H groups in total. The second-order valence-corrected chi connectivity index (χ2v) is 8.67. The number of nitrogens with zero attached hydrogens (tertiary/aromatic N) is 1. The molecule has 27 heavy (non-hydrogen) atoms. The Morgan fingerprint density at radius 1 is 1.22 bits per heavy atom. The third-order valence-corrected chi connectivity index (χ3v) is 5.34. The van der Waals surface area contributed by atoms with Crippen LogP contribution in [0.5, 0.6) is 0 Å². The maximum atomic E-state index is 12.6. The summed E-state index contributed by atoms with van der Waals surface area (Å²) in [5, 5.41) is 5.96. The maximum absolute atomic E-state index is 12.6. The van der Waals surface area contributed by atoms with E-state index in [-0.39, 0.29) is 24.1 Å². The predicted molar refractivity (Wildman–Crippen MR) is 110 cm³/mol.